The maximum Gasteiger partial charge on any atom is 0.419 e. The number of nitrogens with zero attached hydrogens (tertiary/aromatic N) is 2. The molecule has 2 heterocycles. The molecule has 0 aliphatic rings. The number of benzene rings is 1. The smallest absolute Gasteiger partial charge is 0.419 e. The highest BCUT2D eigenvalue weighted by Gasteiger charge is 2.22. The van der Waals surface area contributed by atoms with E-state index < -0.39 is 11.7 Å². The van der Waals surface area contributed by atoms with Crippen molar-refractivity contribution in [2.45, 2.75) is 33.3 Å². The molecule has 0 aliphatic heterocycles. The van der Waals surface area contributed by atoms with E-state index in [1.165, 1.54) is 5.56 Å². The van der Waals surface area contributed by atoms with E-state index in [-0.39, 0.29) is 0 Å². The number of carbonyl (C=O) groups is 1. The molecule has 0 saturated carbocycles. The first-order chi connectivity index (χ1) is 10.8. The zero-order chi connectivity index (χ0) is 16.6. The van der Waals surface area contributed by atoms with Gasteiger partial charge >= 0.3 is 6.09 Å². The van der Waals surface area contributed by atoms with E-state index in [1.54, 1.807) is 17.0 Å². The molecule has 0 aliphatic carbocycles. The van der Waals surface area contributed by atoms with Crippen LogP contribution in [0.15, 0.2) is 48.8 Å². The van der Waals surface area contributed by atoms with Crippen LogP contribution in [0.4, 0.5) is 4.79 Å². The highest BCUT2D eigenvalue weighted by Crippen LogP contribution is 2.29. The number of hydrogen-bond donors (Lipinski definition) is 0. The number of fused-ring (bicyclic) bond motifs is 1. The van der Waals surface area contributed by atoms with Gasteiger partial charge in [0, 0.05) is 11.6 Å². The second kappa shape index (κ2) is 5.54. The van der Waals surface area contributed by atoms with Crippen LogP contribution >= 0.6 is 0 Å². The summed E-state index contributed by atoms with van der Waals surface area (Å²) in [7, 11) is 0. The van der Waals surface area contributed by atoms with Crippen molar-refractivity contribution >= 4 is 17.0 Å². The van der Waals surface area contributed by atoms with Gasteiger partial charge in [-0.05, 0) is 45.4 Å². The molecule has 0 fully saturated rings. The molecule has 0 radical (unpaired) electrons. The van der Waals surface area contributed by atoms with Crippen molar-refractivity contribution in [1.82, 2.24) is 9.55 Å². The average Bonchev–Trinajstić information content (AvgIpc) is 2.85. The topological polar surface area (TPSA) is 44.1 Å². The van der Waals surface area contributed by atoms with Crippen molar-refractivity contribution in [3.63, 3.8) is 0 Å². The first kappa shape index (κ1) is 15.3. The molecule has 0 N–H and O–H groups in total. The van der Waals surface area contributed by atoms with Crippen LogP contribution in [0.2, 0.25) is 0 Å². The third-order valence-electron chi connectivity index (χ3n) is 3.53. The molecule has 3 aromatic rings. The van der Waals surface area contributed by atoms with E-state index in [1.807, 2.05) is 64.1 Å². The Morgan fingerprint density at radius 1 is 1.13 bits per heavy atom. The molecule has 1 aromatic carbocycles. The number of rotatable bonds is 1. The second-order valence-corrected chi connectivity index (χ2v) is 6.65. The molecular formula is C19H20N2O2. The van der Waals surface area contributed by atoms with Crippen LogP contribution in [-0.2, 0) is 4.74 Å². The van der Waals surface area contributed by atoms with E-state index in [0.29, 0.717) is 0 Å². The largest absolute Gasteiger partial charge is 0.443 e. The fourth-order valence-electron chi connectivity index (χ4n) is 2.49. The minimum Gasteiger partial charge on any atom is -0.443 e. The molecular weight excluding hydrogens is 288 g/mol. The molecule has 23 heavy (non-hydrogen) atoms. The number of aromatic nitrogens is 2. The van der Waals surface area contributed by atoms with Crippen LogP contribution in [0.5, 0.6) is 0 Å². The zero-order valence-electron chi connectivity index (χ0n) is 13.8. The van der Waals surface area contributed by atoms with Crippen LogP contribution in [-0.4, -0.2) is 21.2 Å². The lowest BCUT2D eigenvalue weighted by Gasteiger charge is -2.21. The minimum absolute atomic E-state index is 0.393. The lowest BCUT2D eigenvalue weighted by atomic mass is 10.1. The Hall–Kier alpha value is -2.62. The van der Waals surface area contributed by atoms with Gasteiger partial charge in [0.2, 0.25) is 0 Å². The highest BCUT2D eigenvalue weighted by atomic mass is 16.6. The summed E-state index contributed by atoms with van der Waals surface area (Å²) < 4.78 is 7.17. The lowest BCUT2D eigenvalue weighted by Crippen LogP contribution is -2.27. The summed E-state index contributed by atoms with van der Waals surface area (Å²) >= 11 is 0. The van der Waals surface area contributed by atoms with Gasteiger partial charge in [0.1, 0.15) is 5.60 Å². The fourth-order valence-corrected chi connectivity index (χ4v) is 2.49. The minimum atomic E-state index is -0.555. The van der Waals surface area contributed by atoms with Crippen LogP contribution in [0, 0.1) is 6.92 Å². The van der Waals surface area contributed by atoms with Gasteiger partial charge in [-0.1, -0.05) is 29.8 Å². The number of carbonyl (C=O) groups excluding carboxylic acids is 1. The predicted molar refractivity (Wildman–Crippen MR) is 91.5 cm³/mol. The quantitative estimate of drug-likeness (QED) is 0.649. The van der Waals surface area contributed by atoms with Gasteiger partial charge in [-0.3, -0.25) is 4.98 Å². The van der Waals surface area contributed by atoms with Crippen LogP contribution < -0.4 is 0 Å². The van der Waals surface area contributed by atoms with Crippen LogP contribution in [0.1, 0.15) is 26.3 Å². The van der Waals surface area contributed by atoms with Gasteiger partial charge in [-0.25, -0.2) is 9.36 Å². The lowest BCUT2D eigenvalue weighted by molar-refractivity contribution is 0.0547. The number of ether oxygens (including phenoxy) is 1. The molecule has 0 spiro atoms. The summed E-state index contributed by atoms with van der Waals surface area (Å²) in [6, 6.07) is 12.0. The van der Waals surface area contributed by atoms with Gasteiger partial charge in [0.05, 0.1) is 17.4 Å². The van der Waals surface area contributed by atoms with Crippen molar-refractivity contribution in [1.29, 1.82) is 0 Å². The van der Waals surface area contributed by atoms with Crippen LogP contribution in [0.25, 0.3) is 22.2 Å². The molecule has 0 bridgehead atoms. The Balaban J connectivity index is 2.19. The van der Waals surface area contributed by atoms with Crippen molar-refractivity contribution < 1.29 is 9.53 Å². The monoisotopic (exact) mass is 308 g/mol. The zero-order valence-corrected chi connectivity index (χ0v) is 13.8. The first-order valence-electron chi connectivity index (χ1n) is 7.61. The Morgan fingerprint density at radius 3 is 2.48 bits per heavy atom. The predicted octanol–water partition coefficient (Wildman–Crippen LogP) is 4.79. The molecule has 0 amide bonds. The molecule has 3 rings (SSSR count). The van der Waals surface area contributed by atoms with Crippen molar-refractivity contribution in [2.75, 3.05) is 0 Å². The molecule has 4 heteroatoms. The Bertz CT molecular complexity index is 855. The van der Waals surface area contributed by atoms with Gasteiger partial charge < -0.3 is 4.74 Å². The molecule has 118 valence electrons. The standard InChI is InChI=1S/C19H20N2O2/c1-13-5-7-14(8-6-13)16-11-15-9-10-20-12-17(15)21(16)18(22)23-19(2,3)4/h5-12H,1-4H3. The van der Waals surface area contributed by atoms with E-state index in [4.69, 9.17) is 4.74 Å². The van der Waals surface area contributed by atoms with Crippen molar-refractivity contribution in [2.24, 2.45) is 0 Å². The molecule has 4 nitrogen and oxygen atoms in total. The van der Waals surface area contributed by atoms with E-state index >= 15 is 0 Å². The van der Waals surface area contributed by atoms with E-state index in [0.717, 1.165) is 22.2 Å². The summed E-state index contributed by atoms with van der Waals surface area (Å²) in [5.41, 5.74) is 3.15. The Labute approximate surface area is 135 Å². The highest BCUT2D eigenvalue weighted by molar-refractivity contribution is 5.95. The Morgan fingerprint density at radius 2 is 1.83 bits per heavy atom. The third kappa shape index (κ3) is 3.11. The van der Waals surface area contributed by atoms with Crippen molar-refractivity contribution in [3.8, 4) is 11.3 Å². The summed E-state index contributed by atoms with van der Waals surface area (Å²) in [6.07, 6.45) is 3.02. The van der Waals surface area contributed by atoms with Gasteiger partial charge in [-0.2, -0.15) is 0 Å². The second-order valence-electron chi connectivity index (χ2n) is 6.65. The molecule has 0 unspecified atom stereocenters. The molecule has 0 saturated heterocycles. The number of aryl methyl sites for hydroxylation is 1. The summed E-state index contributed by atoms with van der Waals surface area (Å²) in [5, 5.41) is 0.960. The SMILES string of the molecule is Cc1ccc(-c2cc3ccncc3n2C(=O)OC(C)(C)C)cc1. The maximum atomic E-state index is 12.7. The summed E-state index contributed by atoms with van der Waals surface area (Å²) in [4.78, 5) is 16.9. The average molecular weight is 308 g/mol. The first-order valence-corrected chi connectivity index (χ1v) is 7.61. The van der Waals surface area contributed by atoms with Crippen LogP contribution in [0.3, 0.4) is 0 Å². The maximum absolute atomic E-state index is 12.7. The van der Waals surface area contributed by atoms with Crippen molar-refractivity contribution in [3.05, 3.63) is 54.4 Å². The molecule has 0 atom stereocenters. The van der Waals surface area contributed by atoms with E-state index in [9.17, 15) is 4.79 Å². The summed E-state index contributed by atoms with van der Waals surface area (Å²) in [6.45, 7) is 7.62. The third-order valence-corrected chi connectivity index (χ3v) is 3.53. The van der Waals surface area contributed by atoms with Gasteiger partial charge in [-0.15, -0.1) is 0 Å². The molecule has 2 aromatic heterocycles. The number of pyridine rings is 1. The Kier molecular flexibility index (Phi) is 3.68. The fraction of sp³-hybridized carbons (Fsp3) is 0.263. The van der Waals surface area contributed by atoms with Gasteiger partial charge in [0.15, 0.2) is 0 Å². The van der Waals surface area contributed by atoms with E-state index in [2.05, 4.69) is 4.98 Å². The normalized spacial score (nSPS) is 11.7. The van der Waals surface area contributed by atoms with Gasteiger partial charge in [0.25, 0.3) is 0 Å². The summed E-state index contributed by atoms with van der Waals surface area (Å²) in [5.74, 6) is 0. The number of hydrogen-bond acceptors (Lipinski definition) is 3.